The molecule has 5 nitrogen and oxygen atoms in total. The Hall–Kier alpha value is -2.87. The van der Waals surface area contributed by atoms with Gasteiger partial charge >= 0.3 is 5.97 Å². The zero-order chi connectivity index (χ0) is 15.1. The summed E-state index contributed by atoms with van der Waals surface area (Å²) in [5.41, 5.74) is 0.401. The van der Waals surface area contributed by atoms with Gasteiger partial charge < -0.3 is 10.1 Å². The molecule has 2 aromatic rings. The number of nitrogens with one attached hydrogen (secondary N) is 1. The van der Waals surface area contributed by atoms with Crippen LogP contribution in [0, 0.1) is 11.3 Å². The largest absolute Gasteiger partial charge is 0.452 e. The van der Waals surface area contributed by atoms with Crippen molar-refractivity contribution in [2.45, 2.75) is 6.42 Å². The summed E-state index contributed by atoms with van der Waals surface area (Å²) in [5.74, 6) is -0.962. The van der Waals surface area contributed by atoms with Crippen LogP contribution in [0.25, 0.3) is 10.8 Å². The summed E-state index contributed by atoms with van der Waals surface area (Å²) < 4.78 is 4.94. The number of nitriles is 1. The minimum Gasteiger partial charge on any atom is -0.452 e. The molecule has 0 bridgehead atoms. The number of ether oxygens (including phenoxy) is 1. The topological polar surface area (TPSA) is 79.2 Å². The predicted molar refractivity (Wildman–Crippen MR) is 77.5 cm³/mol. The van der Waals surface area contributed by atoms with Gasteiger partial charge in [-0.3, -0.25) is 4.79 Å². The number of hydrogen-bond donors (Lipinski definition) is 1. The lowest BCUT2D eigenvalue weighted by Gasteiger charge is -2.06. The van der Waals surface area contributed by atoms with Crippen molar-refractivity contribution in [2.24, 2.45) is 0 Å². The Bertz CT molecular complexity index is 704. The van der Waals surface area contributed by atoms with Crippen LogP contribution in [0.2, 0.25) is 0 Å². The van der Waals surface area contributed by atoms with Crippen molar-refractivity contribution < 1.29 is 14.3 Å². The zero-order valence-electron chi connectivity index (χ0n) is 11.3. The van der Waals surface area contributed by atoms with Crippen molar-refractivity contribution in [1.82, 2.24) is 5.32 Å². The lowest BCUT2D eigenvalue weighted by atomic mass is 10.1. The van der Waals surface area contributed by atoms with Crippen molar-refractivity contribution in [3.05, 3.63) is 48.0 Å². The summed E-state index contributed by atoms with van der Waals surface area (Å²) in [6.45, 7) is -0.0973. The number of amides is 1. The number of carbonyl (C=O) groups is 2. The zero-order valence-corrected chi connectivity index (χ0v) is 11.3. The van der Waals surface area contributed by atoms with Crippen LogP contribution >= 0.6 is 0 Å². The number of fused-ring (bicyclic) bond motifs is 1. The third-order valence-electron chi connectivity index (χ3n) is 2.88. The van der Waals surface area contributed by atoms with Crippen molar-refractivity contribution in [3.63, 3.8) is 0 Å². The lowest BCUT2D eigenvalue weighted by Crippen LogP contribution is -2.29. The predicted octanol–water partition coefficient (Wildman–Crippen LogP) is 2.03. The number of esters is 1. The Labute approximate surface area is 122 Å². The molecule has 0 saturated heterocycles. The van der Waals surface area contributed by atoms with Crippen LogP contribution in [-0.2, 0) is 9.53 Å². The van der Waals surface area contributed by atoms with Crippen LogP contribution in [0.15, 0.2) is 42.5 Å². The Morgan fingerprint density at radius 2 is 1.90 bits per heavy atom. The van der Waals surface area contributed by atoms with E-state index < -0.39 is 11.9 Å². The van der Waals surface area contributed by atoms with Gasteiger partial charge in [-0.1, -0.05) is 30.3 Å². The quantitative estimate of drug-likeness (QED) is 0.672. The Kier molecular flexibility index (Phi) is 4.89. The summed E-state index contributed by atoms with van der Waals surface area (Å²) in [5, 5.41) is 12.8. The second-order valence-corrected chi connectivity index (χ2v) is 4.40. The summed E-state index contributed by atoms with van der Waals surface area (Å²) >= 11 is 0. The summed E-state index contributed by atoms with van der Waals surface area (Å²) in [7, 11) is 0. The van der Waals surface area contributed by atoms with Crippen LogP contribution in [0.4, 0.5) is 0 Å². The van der Waals surface area contributed by atoms with E-state index in [4.69, 9.17) is 10.00 Å². The molecule has 0 atom stereocenters. The summed E-state index contributed by atoms with van der Waals surface area (Å²) in [6, 6.07) is 14.8. The van der Waals surface area contributed by atoms with Gasteiger partial charge in [-0.15, -0.1) is 0 Å². The molecule has 0 spiro atoms. The van der Waals surface area contributed by atoms with Crippen LogP contribution in [0.5, 0.6) is 0 Å². The highest BCUT2D eigenvalue weighted by molar-refractivity contribution is 5.96. The second-order valence-electron chi connectivity index (χ2n) is 4.40. The van der Waals surface area contributed by atoms with Crippen molar-refractivity contribution >= 4 is 22.6 Å². The first kappa shape index (κ1) is 14.5. The van der Waals surface area contributed by atoms with E-state index in [0.29, 0.717) is 5.56 Å². The normalized spacial score (nSPS) is 9.86. The van der Waals surface area contributed by atoms with Gasteiger partial charge in [0.2, 0.25) is 0 Å². The van der Waals surface area contributed by atoms with E-state index in [0.717, 1.165) is 10.8 Å². The van der Waals surface area contributed by atoms with Crippen LogP contribution in [0.3, 0.4) is 0 Å². The van der Waals surface area contributed by atoms with Crippen LogP contribution in [0.1, 0.15) is 16.8 Å². The smallest absolute Gasteiger partial charge is 0.338 e. The highest BCUT2D eigenvalue weighted by atomic mass is 16.5. The number of hydrogen-bond acceptors (Lipinski definition) is 4. The van der Waals surface area contributed by atoms with E-state index >= 15 is 0 Å². The van der Waals surface area contributed by atoms with E-state index in [1.807, 2.05) is 36.4 Å². The molecular formula is C16H14N2O3. The van der Waals surface area contributed by atoms with E-state index in [9.17, 15) is 9.59 Å². The maximum absolute atomic E-state index is 11.9. The third-order valence-corrected chi connectivity index (χ3v) is 2.88. The fourth-order valence-electron chi connectivity index (χ4n) is 1.84. The van der Waals surface area contributed by atoms with Crippen molar-refractivity contribution in [3.8, 4) is 6.07 Å². The van der Waals surface area contributed by atoms with Gasteiger partial charge in [0.25, 0.3) is 5.91 Å². The fourth-order valence-corrected chi connectivity index (χ4v) is 1.84. The van der Waals surface area contributed by atoms with Gasteiger partial charge in [0.15, 0.2) is 6.61 Å². The molecule has 21 heavy (non-hydrogen) atoms. The summed E-state index contributed by atoms with van der Waals surface area (Å²) in [6.07, 6.45) is 0.227. The molecule has 1 N–H and O–H groups in total. The van der Waals surface area contributed by atoms with Gasteiger partial charge in [-0.25, -0.2) is 4.79 Å². The Balaban J connectivity index is 1.93. The van der Waals surface area contributed by atoms with Crippen LogP contribution < -0.4 is 5.32 Å². The van der Waals surface area contributed by atoms with Gasteiger partial charge in [-0.05, 0) is 22.9 Å². The minimum atomic E-state index is -0.545. The molecule has 0 saturated carbocycles. The third kappa shape index (κ3) is 4.05. The number of carbonyl (C=O) groups excluding carboxylic acids is 2. The first-order valence-corrected chi connectivity index (χ1v) is 6.50. The highest BCUT2D eigenvalue weighted by Gasteiger charge is 2.10. The van der Waals surface area contributed by atoms with Crippen LogP contribution in [-0.4, -0.2) is 25.0 Å². The average molecular weight is 282 g/mol. The molecule has 0 aliphatic heterocycles. The van der Waals surface area contributed by atoms with Gasteiger partial charge in [-0.2, -0.15) is 5.26 Å². The second kappa shape index (κ2) is 7.06. The molecule has 106 valence electrons. The maximum atomic E-state index is 11.9. The molecule has 2 rings (SSSR count). The molecule has 0 aliphatic carbocycles. The number of benzene rings is 2. The number of nitrogens with zero attached hydrogens (tertiary/aromatic N) is 1. The molecule has 1 amide bonds. The van der Waals surface area contributed by atoms with E-state index in [1.54, 1.807) is 12.1 Å². The van der Waals surface area contributed by atoms with E-state index in [2.05, 4.69) is 5.32 Å². The summed E-state index contributed by atoms with van der Waals surface area (Å²) in [4.78, 5) is 23.2. The molecular weight excluding hydrogens is 268 g/mol. The van der Waals surface area contributed by atoms with Crippen molar-refractivity contribution in [1.29, 1.82) is 5.26 Å². The first-order valence-electron chi connectivity index (χ1n) is 6.50. The van der Waals surface area contributed by atoms with Crippen molar-refractivity contribution in [2.75, 3.05) is 13.2 Å². The fraction of sp³-hybridized carbons (Fsp3) is 0.188. The molecule has 0 fully saturated rings. The SMILES string of the molecule is N#CCCNC(=O)COC(=O)c1ccc2ccccc2c1. The molecule has 0 unspecified atom stereocenters. The van der Waals surface area contributed by atoms with E-state index in [-0.39, 0.29) is 19.6 Å². The maximum Gasteiger partial charge on any atom is 0.338 e. The Morgan fingerprint density at radius 1 is 1.14 bits per heavy atom. The standard InChI is InChI=1S/C16H14N2O3/c17-8-3-9-18-15(19)11-21-16(20)14-7-6-12-4-1-2-5-13(12)10-14/h1-2,4-7,10H,3,9,11H2,(H,18,19). The minimum absolute atomic E-state index is 0.227. The molecule has 0 aromatic heterocycles. The van der Waals surface area contributed by atoms with Gasteiger partial charge in [0, 0.05) is 6.54 Å². The van der Waals surface area contributed by atoms with Gasteiger partial charge in [0.05, 0.1) is 18.1 Å². The first-order chi connectivity index (χ1) is 10.2. The molecule has 0 radical (unpaired) electrons. The van der Waals surface area contributed by atoms with Gasteiger partial charge in [0.1, 0.15) is 0 Å². The number of rotatable bonds is 5. The average Bonchev–Trinajstić information content (AvgIpc) is 2.52. The lowest BCUT2D eigenvalue weighted by molar-refractivity contribution is -0.124. The Morgan fingerprint density at radius 3 is 2.67 bits per heavy atom. The molecule has 0 aliphatic rings. The monoisotopic (exact) mass is 282 g/mol. The highest BCUT2D eigenvalue weighted by Crippen LogP contribution is 2.16. The molecule has 0 heterocycles. The van der Waals surface area contributed by atoms with E-state index in [1.165, 1.54) is 0 Å². The molecule has 5 heteroatoms. The molecule has 2 aromatic carbocycles.